The van der Waals surface area contributed by atoms with E-state index in [1.165, 1.54) is 17.3 Å². The van der Waals surface area contributed by atoms with Gasteiger partial charge >= 0.3 is 5.97 Å². The Labute approximate surface area is 156 Å². The van der Waals surface area contributed by atoms with Crippen LogP contribution in [0, 0.1) is 6.92 Å². The van der Waals surface area contributed by atoms with E-state index in [1.54, 1.807) is 26.2 Å². The number of rotatable bonds is 6. The average Bonchev–Trinajstić information content (AvgIpc) is 3.07. The zero-order valence-corrected chi connectivity index (χ0v) is 15.7. The summed E-state index contributed by atoms with van der Waals surface area (Å²) in [5.41, 5.74) is 2.95. The SMILES string of the molecule is CCOC(=O)[C@H](C)Sc1nnc(-c2cccnc2)n1-c1ccc(C)cc1. The van der Waals surface area contributed by atoms with E-state index < -0.39 is 0 Å². The van der Waals surface area contributed by atoms with Crippen LogP contribution in [0.25, 0.3) is 17.1 Å². The molecule has 0 amide bonds. The zero-order chi connectivity index (χ0) is 18.5. The van der Waals surface area contributed by atoms with E-state index in [1.807, 2.05) is 47.9 Å². The number of ether oxygens (including phenoxy) is 1. The molecule has 0 bridgehead atoms. The van der Waals surface area contributed by atoms with Crippen molar-refractivity contribution in [2.45, 2.75) is 31.2 Å². The Kier molecular flexibility index (Phi) is 5.68. The third-order valence-electron chi connectivity index (χ3n) is 3.75. The van der Waals surface area contributed by atoms with E-state index in [9.17, 15) is 4.79 Å². The van der Waals surface area contributed by atoms with Crippen LogP contribution in [0.4, 0.5) is 0 Å². The van der Waals surface area contributed by atoms with Gasteiger partial charge in [-0.3, -0.25) is 14.3 Å². The molecule has 1 aromatic carbocycles. The van der Waals surface area contributed by atoms with Crippen molar-refractivity contribution in [2.24, 2.45) is 0 Å². The lowest BCUT2D eigenvalue weighted by Crippen LogP contribution is -2.17. The maximum Gasteiger partial charge on any atom is 0.319 e. The Balaban J connectivity index is 2.03. The highest BCUT2D eigenvalue weighted by atomic mass is 32.2. The van der Waals surface area contributed by atoms with Gasteiger partial charge in [0.15, 0.2) is 11.0 Å². The summed E-state index contributed by atoms with van der Waals surface area (Å²) < 4.78 is 7.04. The Morgan fingerprint density at radius 2 is 2.00 bits per heavy atom. The highest BCUT2D eigenvalue weighted by molar-refractivity contribution is 8.00. The number of thioether (sulfide) groups is 1. The molecule has 0 aliphatic heterocycles. The molecule has 0 N–H and O–H groups in total. The fraction of sp³-hybridized carbons (Fsp3) is 0.263. The number of nitrogens with zero attached hydrogens (tertiary/aromatic N) is 4. The molecule has 134 valence electrons. The van der Waals surface area contributed by atoms with E-state index in [-0.39, 0.29) is 11.2 Å². The Hall–Kier alpha value is -2.67. The summed E-state index contributed by atoms with van der Waals surface area (Å²) in [7, 11) is 0. The van der Waals surface area contributed by atoms with Crippen molar-refractivity contribution in [3.05, 3.63) is 54.4 Å². The fourth-order valence-corrected chi connectivity index (χ4v) is 3.29. The number of pyridine rings is 1. The first-order valence-electron chi connectivity index (χ1n) is 8.36. The van der Waals surface area contributed by atoms with Gasteiger partial charge in [-0.05, 0) is 45.0 Å². The van der Waals surface area contributed by atoms with Crippen molar-refractivity contribution in [2.75, 3.05) is 6.61 Å². The number of esters is 1. The topological polar surface area (TPSA) is 69.9 Å². The van der Waals surface area contributed by atoms with E-state index in [4.69, 9.17) is 4.74 Å². The summed E-state index contributed by atoms with van der Waals surface area (Å²) in [6, 6.07) is 11.9. The van der Waals surface area contributed by atoms with Crippen LogP contribution in [0.15, 0.2) is 53.9 Å². The maximum absolute atomic E-state index is 12.0. The summed E-state index contributed by atoms with van der Waals surface area (Å²) in [4.78, 5) is 16.2. The number of aromatic nitrogens is 4. The van der Waals surface area contributed by atoms with Crippen LogP contribution in [-0.4, -0.2) is 37.6 Å². The zero-order valence-electron chi connectivity index (χ0n) is 14.9. The minimum atomic E-state index is -0.384. The quantitative estimate of drug-likeness (QED) is 0.488. The molecule has 2 heterocycles. The molecular weight excluding hydrogens is 348 g/mol. The molecule has 0 unspecified atom stereocenters. The molecule has 0 saturated heterocycles. The number of benzene rings is 1. The normalized spacial score (nSPS) is 12.0. The summed E-state index contributed by atoms with van der Waals surface area (Å²) in [6.45, 7) is 6.00. The lowest BCUT2D eigenvalue weighted by Gasteiger charge is -2.13. The first kappa shape index (κ1) is 18.1. The van der Waals surface area contributed by atoms with Gasteiger partial charge < -0.3 is 4.74 Å². The van der Waals surface area contributed by atoms with Crippen molar-refractivity contribution < 1.29 is 9.53 Å². The highest BCUT2D eigenvalue weighted by Gasteiger charge is 2.22. The molecule has 0 aliphatic rings. The Morgan fingerprint density at radius 3 is 2.65 bits per heavy atom. The van der Waals surface area contributed by atoms with Gasteiger partial charge in [0.25, 0.3) is 0 Å². The van der Waals surface area contributed by atoms with E-state index in [0.717, 1.165) is 11.3 Å². The van der Waals surface area contributed by atoms with Crippen LogP contribution in [-0.2, 0) is 9.53 Å². The number of carbonyl (C=O) groups is 1. The van der Waals surface area contributed by atoms with Crippen molar-refractivity contribution >= 4 is 17.7 Å². The monoisotopic (exact) mass is 368 g/mol. The summed E-state index contributed by atoms with van der Waals surface area (Å²) in [6.07, 6.45) is 3.46. The first-order valence-corrected chi connectivity index (χ1v) is 9.24. The predicted molar refractivity (Wildman–Crippen MR) is 101 cm³/mol. The highest BCUT2D eigenvalue weighted by Crippen LogP contribution is 2.30. The summed E-state index contributed by atoms with van der Waals surface area (Å²) in [5, 5.41) is 8.91. The van der Waals surface area contributed by atoms with Gasteiger partial charge in [-0.1, -0.05) is 29.5 Å². The standard InChI is InChI=1S/C19H20N4O2S/c1-4-25-18(24)14(3)26-19-22-21-17(15-6-5-11-20-12-15)23(19)16-9-7-13(2)8-10-16/h5-12,14H,4H2,1-3H3/t14-/m0/s1. The molecule has 3 rings (SSSR count). The largest absolute Gasteiger partial charge is 0.465 e. The first-order chi connectivity index (χ1) is 12.6. The van der Waals surface area contributed by atoms with Crippen LogP contribution < -0.4 is 0 Å². The fourth-order valence-electron chi connectivity index (χ4n) is 2.42. The molecule has 0 aliphatic carbocycles. The second-order valence-electron chi connectivity index (χ2n) is 5.73. The number of hydrogen-bond donors (Lipinski definition) is 0. The Bertz CT molecular complexity index is 878. The minimum absolute atomic E-state index is 0.265. The van der Waals surface area contributed by atoms with Gasteiger partial charge in [0.05, 0.1) is 6.61 Å². The molecule has 1 atom stereocenters. The lowest BCUT2D eigenvalue weighted by atomic mass is 10.2. The van der Waals surface area contributed by atoms with E-state index >= 15 is 0 Å². The van der Waals surface area contributed by atoms with Crippen LogP contribution in [0.1, 0.15) is 19.4 Å². The second-order valence-corrected chi connectivity index (χ2v) is 7.04. The van der Waals surface area contributed by atoms with Gasteiger partial charge in [-0.25, -0.2) is 0 Å². The van der Waals surface area contributed by atoms with Crippen LogP contribution >= 0.6 is 11.8 Å². The molecule has 26 heavy (non-hydrogen) atoms. The summed E-state index contributed by atoms with van der Waals surface area (Å²) in [5.74, 6) is 0.416. The number of carbonyl (C=O) groups excluding carboxylic acids is 1. The predicted octanol–water partition coefficient (Wildman–Crippen LogP) is 3.68. The van der Waals surface area contributed by atoms with Crippen molar-refractivity contribution in [3.63, 3.8) is 0 Å². The van der Waals surface area contributed by atoms with Crippen LogP contribution in [0.2, 0.25) is 0 Å². The maximum atomic E-state index is 12.0. The molecule has 0 saturated carbocycles. The van der Waals surface area contributed by atoms with Gasteiger partial charge in [-0.15, -0.1) is 10.2 Å². The molecule has 0 fully saturated rings. The van der Waals surface area contributed by atoms with Gasteiger partial charge in [-0.2, -0.15) is 0 Å². The summed E-state index contributed by atoms with van der Waals surface area (Å²) >= 11 is 1.33. The van der Waals surface area contributed by atoms with Crippen molar-refractivity contribution in [1.29, 1.82) is 0 Å². The number of hydrogen-bond acceptors (Lipinski definition) is 6. The smallest absolute Gasteiger partial charge is 0.319 e. The Morgan fingerprint density at radius 1 is 1.23 bits per heavy atom. The lowest BCUT2D eigenvalue weighted by molar-refractivity contribution is -0.142. The minimum Gasteiger partial charge on any atom is -0.465 e. The van der Waals surface area contributed by atoms with Gasteiger partial charge in [0, 0.05) is 23.6 Å². The molecule has 2 aromatic heterocycles. The molecule has 0 spiro atoms. The molecule has 6 nitrogen and oxygen atoms in total. The molecule has 3 aromatic rings. The molecule has 0 radical (unpaired) electrons. The average molecular weight is 368 g/mol. The van der Waals surface area contributed by atoms with Crippen molar-refractivity contribution in [3.8, 4) is 17.1 Å². The van der Waals surface area contributed by atoms with Gasteiger partial charge in [0.1, 0.15) is 5.25 Å². The third kappa shape index (κ3) is 3.94. The molecular formula is C19H20N4O2S. The van der Waals surface area contributed by atoms with Crippen LogP contribution in [0.5, 0.6) is 0 Å². The van der Waals surface area contributed by atoms with E-state index in [2.05, 4.69) is 15.2 Å². The molecule has 7 heteroatoms. The van der Waals surface area contributed by atoms with E-state index in [0.29, 0.717) is 17.6 Å². The van der Waals surface area contributed by atoms with Crippen molar-refractivity contribution in [1.82, 2.24) is 19.7 Å². The third-order valence-corrected chi connectivity index (χ3v) is 4.77. The van der Waals surface area contributed by atoms with Gasteiger partial charge in [0.2, 0.25) is 0 Å². The second kappa shape index (κ2) is 8.14. The van der Waals surface area contributed by atoms with Crippen LogP contribution in [0.3, 0.4) is 0 Å². The number of aryl methyl sites for hydroxylation is 1.